The summed E-state index contributed by atoms with van der Waals surface area (Å²) in [6.45, 7) is -0.815. The van der Waals surface area contributed by atoms with Crippen LogP contribution < -0.4 is 0 Å². The van der Waals surface area contributed by atoms with Gasteiger partial charge >= 0.3 is 11.9 Å². The maximum absolute atomic E-state index is 13.2. The minimum absolute atomic E-state index is 0.0107. The van der Waals surface area contributed by atoms with E-state index in [4.69, 9.17) is 28.8 Å². The fourth-order valence-electron chi connectivity index (χ4n) is 6.02. The van der Waals surface area contributed by atoms with E-state index >= 15 is 0 Å². The molecular weight excluding hydrogens is 660 g/mol. The number of phenols is 2. The smallest absolute Gasteiger partial charge is 0.337 e. The zero-order valence-electron chi connectivity index (χ0n) is 26.2. The number of rotatable bonds is 13. The van der Waals surface area contributed by atoms with Gasteiger partial charge in [-0.2, -0.15) is 0 Å². The summed E-state index contributed by atoms with van der Waals surface area (Å²) in [5.74, 6) is -4.83. The van der Waals surface area contributed by atoms with Crippen LogP contribution in [0.1, 0.15) is 18.9 Å². The highest BCUT2D eigenvalue weighted by Gasteiger charge is 2.55. The van der Waals surface area contributed by atoms with E-state index in [0.717, 1.165) is 12.3 Å². The molecule has 0 aromatic heterocycles. The molecule has 1 aromatic rings. The van der Waals surface area contributed by atoms with Crippen molar-refractivity contribution in [2.45, 2.75) is 80.9 Å². The Labute approximate surface area is 279 Å². The van der Waals surface area contributed by atoms with Gasteiger partial charge in [-0.1, -0.05) is 13.0 Å². The number of ether oxygens (including phenoxy) is 5. The Hall–Kier alpha value is -3.40. The average molecular weight is 703 g/mol. The molecule has 2 fully saturated rings. The van der Waals surface area contributed by atoms with Crippen LogP contribution in [0.15, 0.2) is 36.1 Å². The molecule has 2 heterocycles. The molecule has 14 atom stereocenters. The Bertz CT molecular complexity index is 1350. The van der Waals surface area contributed by atoms with Crippen LogP contribution >= 0.6 is 0 Å². The topological polar surface area (TPSA) is 303 Å². The van der Waals surface area contributed by atoms with Gasteiger partial charge in [-0.05, 0) is 30.2 Å². The van der Waals surface area contributed by atoms with Crippen molar-refractivity contribution in [3.63, 3.8) is 0 Å². The predicted octanol–water partition coefficient (Wildman–Crippen LogP) is -3.67. The molecule has 0 bridgehead atoms. The largest absolute Gasteiger partial charge is 0.504 e. The lowest BCUT2D eigenvalue weighted by Gasteiger charge is -2.43. The lowest BCUT2D eigenvalue weighted by Crippen LogP contribution is -2.60. The van der Waals surface area contributed by atoms with Crippen molar-refractivity contribution in [1.82, 2.24) is 0 Å². The van der Waals surface area contributed by atoms with Crippen LogP contribution in [0.25, 0.3) is 6.08 Å². The van der Waals surface area contributed by atoms with Gasteiger partial charge < -0.3 is 79.9 Å². The first-order valence-corrected chi connectivity index (χ1v) is 15.4. The fourth-order valence-corrected chi connectivity index (χ4v) is 6.02. The maximum Gasteiger partial charge on any atom is 0.337 e. The number of esters is 2. The molecule has 1 saturated heterocycles. The average Bonchev–Trinajstić information content (AvgIpc) is 3.41. The van der Waals surface area contributed by atoms with Gasteiger partial charge in [0.1, 0.15) is 61.5 Å². The van der Waals surface area contributed by atoms with E-state index < -0.39 is 123 Å². The van der Waals surface area contributed by atoms with Crippen molar-refractivity contribution in [2.24, 2.45) is 17.8 Å². The summed E-state index contributed by atoms with van der Waals surface area (Å²) in [5, 5.41) is 108. The van der Waals surface area contributed by atoms with Gasteiger partial charge in [-0.15, -0.1) is 0 Å². The van der Waals surface area contributed by atoms with E-state index in [0.29, 0.717) is 5.56 Å². The van der Waals surface area contributed by atoms with Gasteiger partial charge in [-0.3, -0.25) is 0 Å². The maximum atomic E-state index is 13.2. The number of carbonyl (C=O) groups is 2. The monoisotopic (exact) mass is 702 g/mol. The van der Waals surface area contributed by atoms with Gasteiger partial charge in [0.2, 0.25) is 6.29 Å². The van der Waals surface area contributed by atoms with Crippen molar-refractivity contribution in [3.8, 4) is 11.5 Å². The molecule has 1 aliphatic carbocycles. The Morgan fingerprint density at radius 2 is 1.65 bits per heavy atom. The van der Waals surface area contributed by atoms with Crippen LogP contribution in [0.2, 0.25) is 0 Å². The summed E-state index contributed by atoms with van der Waals surface area (Å²) in [6.07, 6.45) is -14.5. The summed E-state index contributed by atoms with van der Waals surface area (Å²) in [4.78, 5) is 26.0. The van der Waals surface area contributed by atoms with Crippen LogP contribution in [0, 0.1) is 17.8 Å². The molecule has 18 heteroatoms. The van der Waals surface area contributed by atoms with E-state index in [1.54, 1.807) is 6.92 Å². The molecule has 11 N–H and O–H groups in total. The summed E-state index contributed by atoms with van der Waals surface area (Å²) in [5.41, 5.74) is 0.275. The van der Waals surface area contributed by atoms with Gasteiger partial charge in [0, 0.05) is 23.8 Å². The summed E-state index contributed by atoms with van der Waals surface area (Å²) in [6, 6.07) is 3.89. The van der Waals surface area contributed by atoms with Gasteiger partial charge in [-0.25, -0.2) is 9.59 Å². The highest BCUT2D eigenvalue weighted by molar-refractivity contribution is 5.89. The summed E-state index contributed by atoms with van der Waals surface area (Å²) < 4.78 is 27.8. The number of phenolic OH excluding ortho intramolecular Hbond substituents is 2. The first-order chi connectivity index (χ1) is 23.2. The Morgan fingerprint density at radius 3 is 2.31 bits per heavy atom. The van der Waals surface area contributed by atoms with Crippen LogP contribution in [0.4, 0.5) is 0 Å². The van der Waals surface area contributed by atoms with E-state index in [1.165, 1.54) is 24.3 Å². The standard InChI is InChI=1S/C31H42O18/c1-12-20(47-22(38)5-3-13-2-4-16(34)17(35)6-13)7-14-15(29(44)45-11-19(37)25(40)24(39)18(36)8-32)10-46-30(23(12)14)49-31-28(43)27(42)26(41)21(9-33)48-31/h2-6,10,12,14,18-21,23-28,30-37,39-43H,7-9,11H2,1H3. The zero-order valence-corrected chi connectivity index (χ0v) is 26.2. The highest BCUT2D eigenvalue weighted by Crippen LogP contribution is 2.49. The van der Waals surface area contributed by atoms with Crippen LogP contribution in [-0.2, 0) is 33.3 Å². The highest BCUT2D eigenvalue weighted by atomic mass is 16.8. The minimum atomic E-state index is -2.00. The van der Waals surface area contributed by atoms with Gasteiger partial charge in [0.15, 0.2) is 17.8 Å². The number of aromatic hydroxyl groups is 2. The molecule has 1 saturated carbocycles. The number of aliphatic hydroxyl groups excluding tert-OH is 9. The molecule has 1 aromatic carbocycles. The molecule has 18 nitrogen and oxygen atoms in total. The van der Waals surface area contributed by atoms with Crippen LogP contribution in [0.5, 0.6) is 11.5 Å². The molecule has 14 unspecified atom stereocenters. The van der Waals surface area contributed by atoms with Gasteiger partial charge in [0.25, 0.3) is 0 Å². The fraction of sp³-hybridized carbons (Fsp3) is 0.613. The normalized spacial score (nSPS) is 33.9. The predicted molar refractivity (Wildman–Crippen MR) is 159 cm³/mol. The van der Waals surface area contributed by atoms with Crippen LogP contribution in [-0.4, -0.2) is 155 Å². The third-order valence-corrected chi connectivity index (χ3v) is 8.93. The number of hydrogen-bond acceptors (Lipinski definition) is 18. The molecule has 49 heavy (non-hydrogen) atoms. The van der Waals surface area contributed by atoms with E-state index in [9.17, 15) is 60.7 Å². The molecule has 2 aliphatic heterocycles. The van der Waals surface area contributed by atoms with Crippen molar-refractivity contribution in [3.05, 3.63) is 41.7 Å². The molecule has 0 spiro atoms. The molecular formula is C31H42O18. The van der Waals surface area contributed by atoms with Crippen molar-refractivity contribution in [1.29, 1.82) is 0 Å². The number of aliphatic hydroxyl groups is 9. The van der Waals surface area contributed by atoms with E-state index in [2.05, 4.69) is 0 Å². The molecule has 0 amide bonds. The minimum Gasteiger partial charge on any atom is -0.504 e. The van der Waals surface area contributed by atoms with E-state index in [-0.39, 0.29) is 17.7 Å². The van der Waals surface area contributed by atoms with Crippen molar-refractivity contribution >= 4 is 18.0 Å². The first-order valence-electron chi connectivity index (χ1n) is 15.4. The molecule has 274 valence electrons. The third-order valence-electron chi connectivity index (χ3n) is 8.93. The van der Waals surface area contributed by atoms with Crippen LogP contribution in [0.3, 0.4) is 0 Å². The Kier molecular flexibility index (Phi) is 13.0. The quantitative estimate of drug-likeness (QED) is 0.0536. The SMILES string of the molecule is CC1C(OC(=O)C=Cc2ccc(O)c(O)c2)CC2C(C(=O)OCC(O)C(O)C(O)C(O)CO)=COC(OC3OC(CO)C(O)C(O)C3O)C21. The van der Waals surface area contributed by atoms with Gasteiger partial charge in [0.05, 0.1) is 25.0 Å². The molecule has 0 radical (unpaired) electrons. The second-order valence-corrected chi connectivity index (χ2v) is 12.1. The number of carbonyl (C=O) groups excluding carboxylic acids is 2. The summed E-state index contributed by atoms with van der Waals surface area (Å²) >= 11 is 0. The Balaban J connectivity index is 1.52. The van der Waals surface area contributed by atoms with E-state index in [1.807, 2.05) is 0 Å². The number of hydrogen-bond donors (Lipinski definition) is 11. The van der Waals surface area contributed by atoms with Crippen molar-refractivity contribution in [2.75, 3.05) is 19.8 Å². The lowest BCUT2D eigenvalue weighted by atomic mass is 9.83. The second-order valence-electron chi connectivity index (χ2n) is 12.1. The number of benzene rings is 1. The molecule has 4 rings (SSSR count). The Morgan fingerprint density at radius 1 is 0.959 bits per heavy atom. The summed E-state index contributed by atoms with van der Waals surface area (Å²) in [7, 11) is 0. The zero-order chi connectivity index (χ0) is 36.2. The van der Waals surface area contributed by atoms with Crippen molar-refractivity contribution < 1.29 is 89.4 Å². The third kappa shape index (κ3) is 8.67. The molecule has 3 aliphatic rings. The second kappa shape index (κ2) is 16.5. The lowest BCUT2D eigenvalue weighted by molar-refractivity contribution is -0.342. The number of fused-ring (bicyclic) bond motifs is 1. The first kappa shape index (κ1) is 38.4.